The zero-order valence-electron chi connectivity index (χ0n) is 11.4. The number of carbonyl (C=O) groups excluding carboxylic acids is 1. The minimum absolute atomic E-state index is 0.0925. The molecule has 2 N–H and O–H groups in total. The Hall–Kier alpha value is -1.75. The first-order chi connectivity index (χ1) is 9.83. The summed E-state index contributed by atoms with van der Waals surface area (Å²) in [5.41, 5.74) is 0. The average molecular weight is 276 g/mol. The van der Waals surface area contributed by atoms with Crippen LogP contribution in [-0.2, 0) is 4.79 Å². The highest BCUT2D eigenvalue weighted by molar-refractivity contribution is 5.81. The highest BCUT2D eigenvalue weighted by Crippen LogP contribution is 2.30. The van der Waals surface area contributed by atoms with Crippen LogP contribution in [0.1, 0.15) is 12.8 Å². The van der Waals surface area contributed by atoms with Crippen molar-refractivity contribution in [2.45, 2.75) is 18.9 Å². The lowest BCUT2D eigenvalue weighted by atomic mass is 10.00. The second kappa shape index (κ2) is 6.13. The van der Waals surface area contributed by atoms with Gasteiger partial charge in [0.25, 0.3) is 5.91 Å². The monoisotopic (exact) mass is 276 g/mol. The lowest BCUT2D eigenvalue weighted by molar-refractivity contribution is -0.130. The highest BCUT2D eigenvalue weighted by atomic mass is 16.6. The molecule has 0 aromatic heterocycles. The fourth-order valence-electron chi connectivity index (χ4n) is 2.61. The Morgan fingerprint density at radius 2 is 2.20 bits per heavy atom. The van der Waals surface area contributed by atoms with Crippen molar-refractivity contribution in [2.24, 2.45) is 5.92 Å². The van der Waals surface area contributed by atoms with Crippen molar-refractivity contribution in [1.29, 1.82) is 0 Å². The number of carbonyl (C=O) groups is 1. The summed E-state index contributed by atoms with van der Waals surface area (Å²) in [6, 6.07) is 7.42. The first-order valence-corrected chi connectivity index (χ1v) is 7.20. The molecule has 1 amide bonds. The number of hydrogen-bond acceptors (Lipinski definition) is 4. The number of hydrogen-bond donors (Lipinski definition) is 2. The van der Waals surface area contributed by atoms with Gasteiger partial charge in [0, 0.05) is 6.54 Å². The van der Waals surface area contributed by atoms with Gasteiger partial charge < -0.3 is 20.1 Å². The molecule has 1 saturated heterocycles. The van der Waals surface area contributed by atoms with Gasteiger partial charge in [0.2, 0.25) is 6.10 Å². The van der Waals surface area contributed by atoms with Crippen molar-refractivity contribution in [2.75, 3.05) is 26.2 Å². The van der Waals surface area contributed by atoms with Gasteiger partial charge in [-0.2, -0.15) is 0 Å². The number of piperidine rings is 1. The van der Waals surface area contributed by atoms with Gasteiger partial charge in [0.1, 0.15) is 6.61 Å². The van der Waals surface area contributed by atoms with E-state index in [1.165, 1.54) is 6.42 Å². The molecular formula is C15H20N2O3. The number of para-hydroxylation sites is 2. The topological polar surface area (TPSA) is 59.6 Å². The zero-order valence-corrected chi connectivity index (χ0v) is 11.4. The molecule has 5 heteroatoms. The van der Waals surface area contributed by atoms with Crippen molar-refractivity contribution in [3.8, 4) is 11.5 Å². The predicted octanol–water partition coefficient (Wildman–Crippen LogP) is 0.942. The van der Waals surface area contributed by atoms with Crippen molar-refractivity contribution < 1.29 is 14.3 Å². The van der Waals surface area contributed by atoms with Crippen LogP contribution in [0.5, 0.6) is 11.5 Å². The van der Waals surface area contributed by atoms with Gasteiger partial charge >= 0.3 is 0 Å². The van der Waals surface area contributed by atoms with Gasteiger partial charge in [-0.05, 0) is 44.0 Å². The van der Waals surface area contributed by atoms with Crippen LogP contribution < -0.4 is 20.1 Å². The van der Waals surface area contributed by atoms with E-state index in [2.05, 4.69) is 10.6 Å². The normalized spacial score (nSPS) is 25.0. The largest absolute Gasteiger partial charge is 0.485 e. The quantitative estimate of drug-likeness (QED) is 0.862. The fraction of sp³-hybridized carbons (Fsp3) is 0.533. The summed E-state index contributed by atoms with van der Waals surface area (Å²) in [7, 11) is 0. The Morgan fingerprint density at radius 3 is 3.00 bits per heavy atom. The smallest absolute Gasteiger partial charge is 0.264 e. The molecule has 1 aromatic rings. The van der Waals surface area contributed by atoms with E-state index in [1.807, 2.05) is 24.3 Å². The molecule has 1 aromatic carbocycles. The van der Waals surface area contributed by atoms with Crippen molar-refractivity contribution in [3.05, 3.63) is 24.3 Å². The summed E-state index contributed by atoms with van der Waals surface area (Å²) >= 11 is 0. The molecule has 0 saturated carbocycles. The molecule has 108 valence electrons. The molecule has 0 spiro atoms. The molecule has 0 radical (unpaired) electrons. The third-order valence-corrected chi connectivity index (χ3v) is 3.76. The Bertz CT molecular complexity index is 472. The highest BCUT2D eigenvalue weighted by Gasteiger charge is 2.27. The first-order valence-electron chi connectivity index (χ1n) is 7.20. The molecule has 0 aliphatic carbocycles. The van der Waals surface area contributed by atoms with Gasteiger partial charge in [0.15, 0.2) is 11.5 Å². The van der Waals surface area contributed by atoms with Gasteiger partial charge in [-0.25, -0.2) is 0 Å². The van der Waals surface area contributed by atoms with Crippen LogP contribution in [0.2, 0.25) is 0 Å². The van der Waals surface area contributed by atoms with Crippen LogP contribution in [0.4, 0.5) is 0 Å². The SMILES string of the molecule is O=C(NCC1CCCNC1)C1COc2ccccc2O1. The summed E-state index contributed by atoms with van der Waals surface area (Å²) < 4.78 is 11.2. The Morgan fingerprint density at radius 1 is 1.35 bits per heavy atom. The van der Waals surface area contributed by atoms with Crippen molar-refractivity contribution in [1.82, 2.24) is 10.6 Å². The van der Waals surface area contributed by atoms with E-state index < -0.39 is 6.10 Å². The second-order valence-electron chi connectivity index (χ2n) is 5.32. The molecule has 2 aliphatic heterocycles. The summed E-state index contributed by atoms with van der Waals surface area (Å²) in [4.78, 5) is 12.1. The molecule has 1 fully saturated rings. The molecule has 2 atom stereocenters. The van der Waals surface area contributed by atoms with Crippen LogP contribution in [-0.4, -0.2) is 38.3 Å². The van der Waals surface area contributed by atoms with Crippen LogP contribution >= 0.6 is 0 Å². The molecule has 2 unspecified atom stereocenters. The summed E-state index contributed by atoms with van der Waals surface area (Å²) in [5.74, 6) is 1.76. The standard InChI is InChI=1S/C15H20N2O3/c18-15(17-9-11-4-3-7-16-8-11)14-10-19-12-5-1-2-6-13(12)20-14/h1-2,5-6,11,14,16H,3-4,7-10H2,(H,17,18). The third kappa shape index (κ3) is 3.04. The van der Waals surface area contributed by atoms with E-state index in [4.69, 9.17) is 9.47 Å². The number of nitrogens with one attached hydrogen (secondary N) is 2. The summed E-state index contributed by atoms with van der Waals surface area (Å²) in [6.45, 7) is 3.03. The molecule has 0 bridgehead atoms. The minimum Gasteiger partial charge on any atom is -0.485 e. The number of amides is 1. The Kier molecular flexibility index (Phi) is 4.06. The maximum atomic E-state index is 12.1. The molecule has 3 rings (SSSR count). The lowest BCUT2D eigenvalue weighted by Gasteiger charge is -2.27. The van der Waals surface area contributed by atoms with Crippen LogP contribution in [0.25, 0.3) is 0 Å². The van der Waals surface area contributed by atoms with Gasteiger partial charge in [-0.1, -0.05) is 12.1 Å². The van der Waals surface area contributed by atoms with Gasteiger partial charge in [-0.3, -0.25) is 4.79 Å². The fourth-order valence-corrected chi connectivity index (χ4v) is 2.61. The number of rotatable bonds is 3. The molecular weight excluding hydrogens is 256 g/mol. The third-order valence-electron chi connectivity index (χ3n) is 3.76. The molecule has 2 aliphatic rings. The predicted molar refractivity (Wildman–Crippen MR) is 75.0 cm³/mol. The van der Waals surface area contributed by atoms with Crippen LogP contribution in [0, 0.1) is 5.92 Å². The molecule has 5 nitrogen and oxygen atoms in total. The van der Waals surface area contributed by atoms with Crippen LogP contribution in [0.15, 0.2) is 24.3 Å². The van der Waals surface area contributed by atoms with Crippen molar-refractivity contribution >= 4 is 5.91 Å². The molecule has 20 heavy (non-hydrogen) atoms. The number of fused-ring (bicyclic) bond motifs is 1. The average Bonchev–Trinajstić information content (AvgIpc) is 2.53. The van der Waals surface area contributed by atoms with E-state index in [-0.39, 0.29) is 12.5 Å². The Labute approximate surface area is 118 Å². The second-order valence-corrected chi connectivity index (χ2v) is 5.32. The van der Waals surface area contributed by atoms with Gasteiger partial charge in [-0.15, -0.1) is 0 Å². The lowest BCUT2D eigenvalue weighted by Crippen LogP contribution is -2.46. The summed E-state index contributed by atoms with van der Waals surface area (Å²) in [6.07, 6.45) is 1.79. The molecule has 2 heterocycles. The van der Waals surface area contributed by atoms with Gasteiger partial charge in [0.05, 0.1) is 0 Å². The van der Waals surface area contributed by atoms with E-state index >= 15 is 0 Å². The Balaban J connectivity index is 1.51. The summed E-state index contributed by atoms with van der Waals surface area (Å²) in [5, 5.41) is 6.31. The number of ether oxygens (including phenoxy) is 2. The number of benzene rings is 1. The van der Waals surface area contributed by atoms with Crippen LogP contribution in [0.3, 0.4) is 0 Å². The van der Waals surface area contributed by atoms with E-state index in [9.17, 15) is 4.79 Å². The minimum atomic E-state index is -0.554. The first kappa shape index (κ1) is 13.2. The van der Waals surface area contributed by atoms with E-state index in [0.717, 1.165) is 19.5 Å². The zero-order chi connectivity index (χ0) is 13.8. The van der Waals surface area contributed by atoms with E-state index in [1.54, 1.807) is 0 Å². The maximum Gasteiger partial charge on any atom is 0.264 e. The van der Waals surface area contributed by atoms with Crippen molar-refractivity contribution in [3.63, 3.8) is 0 Å². The maximum absolute atomic E-state index is 12.1. The van der Waals surface area contributed by atoms with E-state index in [0.29, 0.717) is 24.0 Å².